The molecule has 8 heteroatoms. The van der Waals surface area contributed by atoms with E-state index in [0.29, 0.717) is 21.5 Å². The highest BCUT2D eigenvalue weighted by atomic mass is 35.5. The molecule has 0 aliphatic carbocycles. The van der Waals surface area contributed by atoms with Crippen LogP contribution in [0, 0.1) is 0 Å². The molecule has 30 heavy (non-hydrogen) atoms. The summed E-state index contributed by atoms with van der Waals surface area (Å²) in [5.74, 6) is 1.36. The molecule has 2 aromatic carbocycles. The number of ether oxygens (including phenoxy) is 2. The third kappa shape index (κ3) is 7.13. The van der Waals surface area contributed by atoms with Gasteiger partial charge in [0.15, 0.2) is 11.5 Å². The summed E-state index contributed by atoms with van der Waals surface area (Å²) in [6, 6.07) is 7.68. The molecule has 0 aliphatic rings. The summed E-state index contributed by atoms with van der Waals surface area (Å²) in [5.41, 5.74) is 9.78. The molecule has 0 bridgehead atoms. The minimum atomic E-state index is 0.652. The van der Waals surface area contributed by atoms with Crippen molar-refractivity contribution in [1.29, 1.82) is 0 Å². The Morgan fingerprint density at radius 2 is 1.40 bits per heavy atom. The first kappa shape index (κ1) is 24.4. The van der Waals surface area contributed by atoms with Crippen molar-refractivity contribution in [2.75, 3.05) is 58.5 Å². The van der Waals surface area contributed by atoms with Crippen molar-refractivity contribution in [3.05, 3.63) is 45.4 Å². The maximum Gasteiger partial charge on any atom is 0.162 e. The Balaban J connectivity index is 1.61. The fourth-order valence-electron chi connectivity index (χ4n) is 3.21. The van der Waals surface area contributed by atoms with Gasteiger partial charge < -0.3 is 31.2 Å². The van der Waals surface area contributed by atoms with Gasteiger partial charge >= 0.3 is 0 Å². The molecular weight excluding hydrogens is 423 g/mol. The Hall–Kier alpha value is -1.86. The fraction of sp³-hybridized carbons (Fsp3) is 0.455. The van der Waals surface area contributed by atoms with Gasteiger partial charge in [-0.05, 0) is 74.8 Å². The Morgan fingerprint density at radius 1 is 0.833 bits per heavy atom. The summed E-state index contributed by atoms with van der Waals surface area (Å²) in [6.07, 6.45) is 2.76. The van der Waals surface area contributed by atoms with Crippen molar-refractivity contribution in [1.82, 2.24) is 10.6 Å². The maximum atomic E-state index is 6.24. The topological polar surface area (TPSA) is 80.6 Å². The van der Waals surface area contributed by atoms with Crippen LogP contribution < -0.4 is 31.2 Å². The lowest BCUT2D eigenvalue weighted by Crippen LogP contribution is -2.25. The van der Waals surface area contributed by atoms with E-state index in [0.717, 1.165) is 67.9 Å². The van der Waals surface area contributed by atoms with Gasteiger partial charge in [-0.15, -0.1) is 0 Å². The molecule has 0 spiro atoms. The van der Waals surface area contributed by atoms with Crippen molar-refractivity contribution in [3.63, 3.8) is 0 Å². The van der Waals surface area contributed by atoms with Crippen LogP contribution in [0.2, 0.25) is 10.0 Å². The van der Waals surface area contributed by atoms with Crippen LogP contribution in [0.25, 0.3) is 0 Å². The zero-order valence-electron chi connectivity index (χ0n) is 17.9. The molecule has 0 aromatic heterocycles. The smallest absolute Gasteiger partial charge is 0.162 e. The molecule has 6 nitrogen and oxygen atoms in total. The van der Waals surface area contributed by atoms with E-state index in [4.69, 9.17) is 38.4 Å². The van der Waals surface area contributed by atoms with Crippen LogP contribution in [0.4, 0.5) is 11.4 Å². The summed E-state index contributed by atoms with van der Waals surface area (Å²) >= 11 is 12.5. The van der Waals surface area contributed by atoms with Crippen molar-refractivity contribution >= 4 is 34.6 Å². The van der Waals surface area contributed by atoms with Crippen molar-refractivity contribution < 1.29 is 9.47 Å². The van der Waals surface area contributed by atoms with Crippen LogP contribution in [-0.4, -0.2) is 47.4 Å². The lowest BCUT2D eigenvalue weighted by molar-refractivity contribution is 0.354. The van der Waals surface area contributed by atoms with Crippen LogP contribution in [0.5, 0.6) is 11.5 Å². The number of nitrogens with two attached hydrogens (primary N) is 1. The Labute approximate surface area is 189 Å². The van der Waals surface area contributed by atoms with Gasteiger partial charge in [0, 0.05) is 18.8 Å². The fourth-order valence-corrected chi connectivity index (χ4v) is 3.93. The van der Waals surface area contributed by atoms with Gasteiger partial charge in [-0.2, -0.15) is 0 Å². The predicted octanol–water partition coefficient (Wildman–Crippen LogP) is 3.99. The number of rotatable bonds is 13. The Bertz CT molecular complexity index is 795. The average molecular weight is 455 g/mol. The SMILES string of the molecule is CNc1c(Cl)cc(CCNCCCNCCc2cc(OC)c(OC)cc2N)cc1Cl. The van der Waals surface area contributed by atoms with E-state index < -0.39 is 0 Å². The second kappa shape index (κ2) is 12.7. The summed E-state index contributed by atoms with van der Waals surface area (Å²) < 4.78 is 10.6. The van der Waals surface area contributed by atoms with E-state index in [2.05, 4.69) is 16.0 Å². The van der Waals surface area contributed by atoms with Crippen LogP contribution in [0.15, 0.2) is 24.3 Å². The van der Waals surface area contributed by atoms with Crippen molar-refractivity contribution in [3.8, 4) is 11.5 Å². The van der Waals surface area contributed by atoms with Gasteiger partial charge in [0.25, 0.3) is 0 Å². The second-order valence-corrected chi connectivity index (χ2v) is 7.76. The number of hydrogen-bond donors (Lipinski definition) is 4. The van der Waals surface area contributed by atoms with Gasteiger partial charge in [-0.1, -0.05) is 23.2 Å². The standard InChI is InChI=1S/C22H32Cl2N4O2/c1-26-22-17(23)11-15(12-18(22)24)5-9-27-7-4-8-28-10-6-16-13-20(29-2)21(30-3)14-19(16)25/h11-14,26-28H,4-10,25H2,1-3H3. The van der Waals surface area contributed by atoms with Crippen molar-refractivity contribution in [2.24, 2.45) is 0 Å². The monoisotopic (exact) mass is 454 g/mol. The summed E-state index contributed by atoms with van der Waals surface area (Å²) in [7, 11) is 5.05. The minimum Gasteiger partial charge on any atom is -0.493 e. The molecule has 0 heterocycles. The quantitative estimate of drug-likeness (QED) is 0.270. The summed E-state index contributed by atoms with van der Waals surface area (Å²) in [5, 5.41) is 11.2. The van der Waals surface area contributed by atoms with E-state index >= 15 is 0 Å². The molecule has 2 rings (SSSR count). The first-order chi connectivity index (χ1) is 14.5. The largest absolute Gasteiger partial charge is 0.493 e. The molecule has 0 unspecified atom stereocenters. The van der Waals surface area contributed by atoms with Gasteiger partial charge in [-0.25, -0.2) is 0 Å². The first-order valence-corrected chi connectivity index (χ1v) is 10.8. The molecule has 0 saturated heterocycles. The Morgan fingerprint density at radius 3 is 1.97 bits per heavy atom. The van der Waals surface area contributed by atoms with Gasteiger partial charge in [0.05, 0.1) is 30.0 Å². The maximum absolute atomic E-state index is 6.24. The van der Waals surface area contributed by atoms with E-state index in [1.807, 2.05) is 31.3 Å². The number of anilines is 2. The van der Waals surface area contributed by atoms with Crippen LogP contribution in [0.1, 0.15) is 17.5 Å². The summed E-state index contributed by atoms with van der Waals surface area (Å²) in [4.78, 5) is 0. The molecule has 166 valence electrons. The van der Waals surface area contributed by atoms with Gasteiger partial charge in [0.1, 0.15) is 0 Å². The van der Waals surface area contributed by atoms with Gasteiger partial charge in [-0.3, -0.25) is 0 Å². The minimum absolute atomic E-state index is 0.652. The number of methoxy groups -OCH3 is 2. The number of nitrogens with one attached hydrogen (secondary N) is 3. The highest BCUT2D eigenvalue weighted by Crippen LogP contribution is 2.32. The van der Waals surface area contributed by atoms with Crippen LogP contribution >= 0.6 is 23.2 Å². The number of hydrogen-bond acceptors (Lipinski definition) is 6. The van der Waals surface area contributed by atoms with Gasteiger partial charge in [0.2, 0.25) is 0 Å². The van der Waals surface area contributed by atoms with Crippen molar-refractivity contribution in [2.45, 2.75) is 19.3 Å². The third-order valence-electron chi connectivity index (χ3n) is 4.87. The molecule has 2 aromatic rings. The lowest BCUT2D eigenvalue weighted by atomic mass is 10.1. The molecule has 0 atom stereocenters. The molecule has 0 saturated carbocycles. The molecule has 0 fully saturated rings. The van der Waals surface area contributed by atoms with E-state index in [-0.39, 0.29) is 0 Å². The number of halogens is 2. The predicted molar refractivity (Wildman–Crippen MR) is 128 cm³/mol. The number of nitrogen functional groups attached to an aromatic ring is 1. The lowest BCUT2D eigenvalue weighted by Gasteiger charge is -2.13. The van der Waals surface area contributed by atoms with E-state index in [9.17, 15) is 0 Å². The summed E-state index contributed by atoms with van der Waals surface area (Å²) in [6.45, 7) is 3.62. The van der Waals surface area contributed by atoms with E-state index in [1.165, 1.54) is 0 Å². The Kier molecular flexibility index (Phi) is 10.4. The second-order valence-electron chi connectivity index (χ2n) is 6.94. The highest BCUT2D eigenvalue weighted by molar-refractivity contribution is 6.39. The third-order valence-corrected chi connectivity index (χ3v) is 5.46. The highest BCUT2D eigenvalue weighted by Gasteiger charge is 2.09. The molecular formula is C22H32Cl2N4O2. The van der Waals surface area contributed by atoms with Crippen LogP contribution in [-0.2, 0) is 12.8 Å². The molecule has 0 aliphatic heterocycles. The number of benzene rings is 2. The average Bonchev–Trinajstić information content (AvgIpc) is 2.73. The van der Waals surface area contributed by atoms with E-state index in [1.54, 1.807) is 14.2 Å². The zero-order valence-corrected chi connectivity index (χ0v) is 19.4. The normalized spacial score (nSPS) is 10.8. The molecule has 0 radical (unpaired) electrons. The first-order valence-electron chi connectivity index (χ1n) is 10.1. The molecule has 0 amide bonds. The molecule has 5 N–H and O–H groups in total. The van der Waals surface area contributed by atoms with Crippen LogP contribution in [0.3, 0.4) is 0 Å². The zero-order chi connectivity index (χ0) is 21.9.